The molecule has 6 nitrogen and oxygen atoms in total. The summed E-state index contributed by atoms with van der Waals surface area (Å²) in [5.41, 5.74) is 1.05. The topological polar surface area (TPSA) is 79.7 Å². The number of halogens is 1. The Morgan fingerprint density at radius 1 is 1.13 bits per heavy atom. The molecule has 0 bridgehead atoms. The van der Waals surface area contributed by atoms with Crippen LogP contribution in [0.3, 0.4) is 0 Å². The number of aromatic nitrogens is 1. The Morgan fingerprint density at radius 2 is 1.81 bits per heavy atom. The lowest BCUT2D eigenvalue weighted by Gasteiger charge is -2.23. The van der Waals surface area contributed by atoms with Gasteiger partial charge in [0.05, 0.1) is 17.7 Å². The van der Waals surface area contributed by atoms with E-state index in [0.29, 0.717) is 27.0 Å². The standard InChI is InChI=1S/C23H19ClN2O4S/c1-13(2)30-17-9-5-15(6-10-17)20(27)18-19(14-3-7-16(24)8-4-14)26(22(29)21(18)28)23-25-11-12-31-23/h3-13,19,27H,1-2H3. The van der Waals surface area contributed by atoms with Crippen molar-refractivity contribution < 1.29 is 19.4 Å². The lowest BCUT2D eigenvalue weighted by Crippen LogP contribution is -2.29. The smallest absolute Gasteiger partial charge is 0.301 e. The average Bonchev–Trinajstić information content (AvgIpc) is 3.35. The number of anilines is 1. The van der Waals surface area contributed by atoms with Crippen LogP contribution in [-0.4, -0.2) is 27.9 Å². The highest BCUT2D eigenvalue weighted by molar-refractivity contribution is 7.14. The van der Waals surface area contributed by atoms with Gasteiger partial charge in [-0.05, 0) is 55.8 Å². The van der Waals surface area contributed by atoms with E-state index in [1.54, 1.807) is 60.1 Å². The van der Waals surface area contributed by atoms with Gasteiger partial charge < -0.3 is 9.84 Å². The summed E-state index contributed by atoms with van der Waals surface area (Å²) in [6, 6.07) is 12.7. The molecule has 31 heavy (non-hydrogen) atoms. The number of thiazole rings is 1. The van der Waals surface area contributed by atoms with Crippen LogP contribution >= 0.6 is 22.9 Å². The van der Waals surface area contributed by atoms with Gasteiger partial charge in [-0.25, -0.2) is 4.98 Å². The first kappa shape index (κ1) is 21.1. The lowest BCUT2D eigenvalue weighted by atomic mass is 9.95. The van der Waals surface area contributed by atoms with E-state index < -0.39 is 17.7 Å². The third kappa shape index (κ3) is 4.06. The highest BCUT2D eigenvalue weighted by atomic mass is 35.5. The molecule has 1 N–H and O–H groups in total. The Hall–Kier alpha value is -3.16. The van der Waals surface area contributed by atoms with Crippen LogP contribution in [0.15, 0.2) is 65.7 Å². The minimum atomic E-state index is -0.824. The summed E-state index contributed by atoms with van der Waals surface area (Å²) in [7, 11) is 0. The molecule has 1 aliphatic heterocycles. The number of Topliss-reactive ketones (excluding diaryl/α,β-unsaturated/α-hetero) is 1. The van der Waals surface area contributed by atoms with E-state index >= 15 is 0 Å². The van der Waals surface area contributed by atoms with Gasteiger partial charge in [-0.1, -0.05) is 23.7 Å². The molecule has 2 heterocycles. The average molecular weight is 455 g/mol. The zero-order valence-electron chi connectivity index (χ0n) is 16.8. The number of rotatable bonds is 5. The second-order valence-electron chi connectivity index (χ2n) is 7.23. The number of nitrogens with zero attached hydrogens (tertiary/aromatic N) is 2. The molecule has 2 aromatic carbocycles. The van der Waals surface area contributed by atoms with E-state index in [0.717, 1.165) is 0 Å². The Kier molecular flexibility index (Phi) is 5.80. The number of aliphatic hydroxyl groups is 1. The molecule has 1 atom stereocenters. The molecule has 4 rings (SSSR count). The van der Waals surface area contributed by atoms with Crippen molar-refractivity contribution in [3.05, 3.63) is 81.8 Å². The van der Waals surface area contributed by atoms with Crippen molar-refractivity contribution >= 4 is 45.5 Å². The van der Waals surface area contributed by atoms with Crippen LogP contribution in [0.5, 0.6) is 5.75 Å². The summed E-state index contributed by atoms with van der Waals surface area (Å²) in [5.74, 6) is -1.12. The van der Waals surface area contributed by atoms with Crippen LogP contribution in [0.25, 0.3) is 5.76 Å². The predicted octanol–water partition coefficient (Wildman–Crippen LogP) is 5.21. The van der Waals surface area contributed by atoms with Crippen LogP contribution in [0.1, 0.15) is 31.0 Å². The number of ketones is 1. The maximum Gasteiger partial charge on any atom is 0.301 e. The summed E-state index contributed by atoms with van der Waals surface area (Å²) in [6.07, 6.45) is 1.57. The molecule has 1 saturated heterocycles. The normalized spacial score (nSPS) is 18.1. The molecule has 1 amide bonds. The summed E-state index contributed by atoms with van der Waals surface area (Å²) in [4.78, 5) is 31.5. The molecular weight excluding hydrogens is 436 g/mol. The number of amides is 1. The molecule has 0 spiro atoms. The van der Waals surface area contributed by atoms with Gasteiger partial charge in [0.25, 0.3) is 5.78 Å². The highest BCUT2D eigenvalue weighted by Gasteiger charge is 2.47. The van der Waals surface area contributed by atoms with Crippen molar-refractivity contribution in [2.75, 3.05) is 4.90 Å². The van der Waals surface area contributed by atoms with E-state index in [9.17, 15) is 14.7 Å². The minimum absolute atomic E-state index is 0.0000467. The summed E-state index contributed by atoms with van der Waals surface area (Å²) >= 11 is 7.27. The van der Waals surface area contributed by atoms with Gasteiger partial charge >= 0.3 is 5.91 Å². The summed E-state index contributed by atoms with van der Waals surface area (Å²) in [6.45, 7) is 3.83. The molecular formula is C23H19ClN2O4S. The summed E-state index contributed by atoms with van der Waals surface area (Å²) < 4.78 is 5.63. The Balaban J connectivity index is 1.84. The number of hydrogen-bond donors (Lipinski definition) is 1. The number of ether oxygens (including phenoxy) is 1. The van der Waals surface area contributed by atoms with E-state index in [-0.39, 0.29) is 17.4 Å². The van der Waals surface area contributed by atoms with E-state index in [1.807, 2.05) is 13.8 Å². The second kappa shape index (κ2) is 8.53. The van der Waals surface area contributed by atoms with Gasteiger partial charge in [0.15, 0.2) is 5.13 Å². The first-order valence-electron chi connectivity index (χ1n) is 9.60. The van der Waals surface area contributed by atoms with Gasteiger partial charge in [0.1, 0.15) is 11.5 Å². The summed E-state index contributed by atoms with van der Waals surface area (Å²) in [5, 5.41) is 13.7. The van der Waals surface area contributed by atoms with Crippen molar-refractivity contribution in [3.8, 4) is 5.75 Å². The van der Waals surface area contributed by atoms with Crippen LogP contribution < -0.4 is 9.64 Å². The van der Waals surface area contributed by atoms with Crippen molar-refractivity contribution in [1.82, 2.24) is 4.98 Å². The van der Waals surface area contributed by atoms with Crippen molar-refractivity contribution in [2.24, 2.45) is 0 Å². The van der Waals surface area contributed by atoms with Crippen molar-refractivity contribution in [3.63, 3.8) is 0 Å². The predicted molar refractivity (Wildman–Crippen MR) is 121 cm³/mol. The number of benzene rings is 2. The highest BCUT2D eigenvalue weighted by Crippen LogP contribution is 2.42. The number of hydrogen-bond acceptors (Lipinski definition) is 6. The first-order chi connectivity index (χ1) is 14.9. The van der Waals surface area contributed by atoms with Gasteiger partial charge in [-0.15, -0.1) is 11.3 Å². The van der Waals surface area contributed by atoms with Crippen LogP contribution in [0.2, 0.25) is 5.02 Å². The molecule has 0 saturated carbocycles. The monoisotopic (exact) mass is 454 g/mol. The molecule has 1 fully saturated rings. The fraction of sp³-hybridized carbons (Fsp3) is 0.174. The molecule has 8 heteroatoms. The third-order valence-electron chi connectivity index (χ3n) is 4.76. The molecule has 0 aliphatic carbocycles. The number of aliphatic hydroxyl groups excluding tert-OH is 1. The van der Waals surface area contributed by atoms with Crippen LogP contribution in [-0.2, 0) is 9.59 Å². The van der Waals surface area contributed by atoms with E-state index in [1.165, 1.54) is 16.2 Å². The van der Waals surface area contributed by atoms with Gasteiger partial charge in [-0.3, -0.25) is 14.5 Å². The van der Waals surface area contributed by atoms with Crippen molar-refractivity contribution in [2.45, 2.75) is 26.0 Å². The van der Waals surface area contributed by atoms with Gasteiger partial charge in [-0.2, -0.15) is 0 Å². The Bertz CT molecular complexity index is 1140. The molecule has 1 aromatic heterocycles. The zero-order valence-corrected chi connectivity index (χ0v) is 18.4. The number of carbonyl (C=O) groups is 2. The van der Waals surface area contributed by atoms with E-state index in [2.05, 4.69) is 4.98 Å². The maximum atomic E-state index is 13.0. The SMILES string of the molecule is CC(C)Oc1ccc(C(O)=C2C(=O)C(=O)N(c3nccs3)C2c2ccc(Cl)cc2)cc1. The molecule has 1 aliphatic rings. The number of carbonyl (C=O) groups excluding carboxylic acids is 2. The minimum Gasteiger partial charge on any atom is -0.507 e. The fourth-order valence-corrected chi connectivity index (χ4v) is 4.24. The Morgan fingerprint density at radius 3 is 2.39 bits per heavy atom. The largest absolute Gasteiger partial charge is 0.507 e. The molecule has 0 radical (unpaired) electrons. The molecule has 1 unspecified atom stereocenters. The molecule has 158 valence electrons. The fourth-order valence-electron chi connectivity index (χ4n) is 3.44. The van der Waals surface area contributed by atoms with Crippen LogP contribution in [0.4, 0.5) is 5.13 Å². The Labute approximate surface area is 188 Å². The lowest BCUT2D eigenvalue weighted by molar-refractivity contribution is -0.132. The first-order valence-corrected chi connectivity index (χ1v) is 10.9. The van der Waals surface area contributed by atoms with Crippen LogP contribution in [0, 0.1) is 0 Å². The molecule has 3 aromatic rings. The van der Waals surface area contributed by atoms with Gasteiger partial charge in [0.2, 0.25) is 0 Å². The second-order valence-corrected chi connectivity index (χ2v) is 8.54. The maximum absolute atomic E-state index is 13.0. The van der Waals surface area contributed by atoms with Crippen molar-refractivity contribution in [1.29, 1.82) is 0 Å². The quantitative estimate of drug-likeness (QED) is 0.325. The zero-order chi connectivity index (χ0) is 22.1. The third-order valence-corrected chi connectivity index (χ3v) is 5.78. The van der Waals surface area contributed by atoms with Gasteiger partial charge in [0, 0.05) is 22.2 Å². The van der Waals surface area contributed by atoms with E-state index in [4.69, 9.17) is 16.3 Å².